The summed E-state index contributed by atoms with van der Waals surface area (Å²) in [4.78, 5) is 6.23. The van der Waals surface area contributed by atoms with E-state index in [9.17, 15) is 0 Å². The van der Waals surface area contributed by atoms with Gasteiger partial charge < -0.3 is 10.6 Å². The van der Waals surface area contributed by atoms with Gasteiger partial charge >= 0.3 is 0 Å². The van der Waals surface area contributed by atoms with Gasteiger partial charge in [-0.2, -0.15) is 0 Å². The Balaban J connectivity index is 2.99. The molecule has 0 bridgehead atoms. The molecule has 0 amide bonds. The van der Waals surface area contributed by atoms with Crippen LogP contribution in [0, 0.1) is 0 Å². The van der Waals surface area contributed by atoms with Gasteiger partial charge in [-0.15, -0.1) is 0 Å². The number of hydrogen-bond donors (Lipinski definition) is 1. The molecule has 0 aliphatic rings. The number of halogens is 1. The van der Waals surface area contributed by atoms with Gasteiger partial charge in [0.25, 0.3) is 0 Å². The van der Waals surface area contributed by atoms with Gasteiger partial charge in [-0.3, -0.25) is 0 Å². The molecule has 0 aliphatic heterocycles. The van der Waals surface area contributed by atoms with E-state index in [1.165, 1.54) is 0 Å². The highest BCUT2D eigenvalue weighted by molar-refractivity contribution is 6.31. The van der Waals surface area contributed by atoms with Crippen LogP contribution < -0.4 is 10.6 Å². The number of aromatic nitrogens is 1. The Bertz CT molecular complexity index is 288. The van der Waals surface area contributed by atoms with E-state index in [-0.39, 0.29) is 0 Å². The minimum atomic E-state index is 0.450. The molecule has 1 heterocycles. The second-order valence-corrected chi connectivity index (χ2v) is 3.26. The van der Waals surface area contributed by atoms with Gasteiger partial charge in [0.2, 0.25) is 0 Å². The normalized spacial score (nSPS) is 10.2. The molecule has 0 aliphatic carbocycles. The van der Waals surface area contributed by atoms with E-state index in [1.807, 2.05) is 18.0 Å². The molecule has 0 spiro atoms. The Labute approximate surface area is 83.5 Å². The third kappa shape index (κ3) is 2.32. The largest absolute Gasteiger partial charge is 0.360 e. The number of pyridine rings is 1. The van der Waals surface area contributed by atoms with Crippen molar-refractivity contribution in [2.45, 2.75) is 13.5 Å². The summed E-state index contributed by atoms with van der Waals surface area (Å²) in [6, 6.07) is 1.92. The van der Waals surface area contributed by atoms with Crippen molar-refractivity contribution in [3.63, 3.8) is 0 Å². The summed E-state index contributed by atoms with van der Waals surface area (Å²) in [5.41, 5.74) is 6.47. The van der Waals surface area contributed by atoms with Gasteiger partial charge in [0, 0.05) is 26.3 Å². The number of nitrogens with zero attached hydrogens (tertiary/aromatic N) is 2. The lowest BCUT2D eigenvalue weighted by Gasteiger charge is -2.16. The fraction of sp³-hybridized carbons (Fsp3) is 0.444. The second kappa shape index (κ2) is 4.44. The predicted molar refractivity (Wildman–Crippen MR) is 56.1 cm³/mol. The monoisotopic (exact) mass is 199 g/mol. The Hall–Kier alpha value is -0.800. The minimum Gasteiger partial charge on any atom is -0.360 e. The van der Waals surface area contributed by atoms with Crippen molar-refractivity contribution in [3.05, 3.63) is 22.8 Å². The Morgan fingerprint density at radius 1 is 1.62 bits per heavy atom. The zero-order valence-electron chi connectivity index (χ0n) is 7.92. The van der Waals surface area contributed by atoms with E-state index < -0.39 is 0 Å². The highest BCUT2D eigenvalue weighted by Crippen LogP contribution is 2.18. The molecule has 3 nitrogen and oxygen atoms in total. The molecule has 0 aromatic carbocycles. The quantitative estimate of drug-likeness (QED) is 0.805. The van der Waals surface area contributed by atoms with Crippen LogP contribution in [0.3, 0.4) is 0 Å². The molecular weight excluding hydrogens is 186 g/mol. The van der Waals surface area contributed by atoms with Crippen molar-refractivity contribution in [3.8, 4) is 0 Å². The van der Waals surface area contributed by atoms with Crippen molar-refractivity contribution < 1.29 is 0 Å². The molecule has 0 radical (unpaired) electrons. The third-order valence-electron chi connectivity index (χ3n) is 2.01. The molecule has 0 unspecified atom stereocenters. The van der Waals surface area contributed by atoms with E-state index in [4.69, 9.17) is 17.3 Å². The van der Waals surface area contributed by atoms with Gasteiger partial charge in [-0.05, 0) is 18.6 Å². The first-order chi connectivity index (χ1) is 6.19. The molecule has 4 heteroatoms. The molecule has 1 aromatic rings. The SMILES string of the molecule is CCN(C)c1cc(CN)c(Cl)cn1. The Morgan fingerprint density at radius 3 is 2.85 bits per heavy atom. The van der Waals surface area contributed by atoms with Crippen LogP contribution in [0.25, 0.3) is 0 Å². The second-order valence-electron chi connectivity index (χ2n) is 2.85. The van der Waals surface area contributed by atoms with Crippen LogP contribution in [0.5, 0.6) is 0 Å². The van der Waals surface area contributed by atoms with Crippen molar-refractivity contribution in [2.75, 3.05) is 18.5 Å². The van der Waals surface area contributed by atoms with Gasteiger partial charge in [-0.25, -0.2) is 4.98 Å². The van der Waals surface area contributed by atoms with Gasteiger partial charge in [-0.1, -0.05) is 11.6 Å². The number of anilines is 1. The zero-order valence-corrected chi connectivity index (χ0v) is 8.67. The molecule has 0 fully saturated rings. The van der Waals surface area contributed by atoms with Crippen LogP contribution in [0.15, 0.2) is 12.3 Å². The Morgan fingerprint density at radius 2 is 2.31 bits per heavy atom. The summed E-state index contributed by atoms with van der Waals surface area (Å²) in [5, 5.41) is 0.635. The molecule has 1 rings (SSSR count). The average Bonchev–Trinajstić information content (AvgIpc) is 2.17. The lowest BCUT2D eigenvalue weighted by molar-refractivity contribution is 0.930. The van der Waals surface area contributed by atoms with Gasteiger partial charge in [0.05, 0.1) is 5.02 Å². The van der Waals surface area contributed by atoms with Crippen molar-refractivity contribution in [1.29, 1.82) is 0 Å². The lowest BCUT2D eigenvalue weighted by atomic mass is 10.2. The smallest absolute Gasteiger partial charge is 0.128 e. The topological polar surface area (TPSA) is 42.1 Å². The molecule has 72 valence electrons. The summed E-state index contributed by atoms with van der Waals surface area (Å²) in [7, 11) is 1.98. The zero-order chi connectivity index (χ0) is 9.84. The maximum Gasteiger partial charge on any atom is 0.128 e. The van der Waals surface area contributed by atoms with Crippen LogP contribution in [0.4, 0.5) is 5.82 Å². The van der Waals surface area contributed by atoms with E-state index in [2.05, 4.69) is 11.9 Å². The first-order valence-corrected chi connectivity index (χ1v) is 4.62. The molecule has 2 N–H and O–H groups in total. The maximum absolute atomic E-state index is 5.88. The summed E-state index contributed by atoms with van der Waals surface area (Å²) >= 11 is 5.88. The van der Waals surface area contributed by atoms with Crippen molar-refractivity contribution in [1.82, 2.24) is 4.98 Å². The molecule has 0 saturated heterocycles. The van der Waals surface area contributed by atoms with Crippen LogP contribution in [0.2, 0.25) is 5.02 Å². The fourth-order valence-electron chi connectivity index (χ4n) is 0.995. The van der Waals surface area contributed by atoms with E-state index in [0.29, 0.717) is 11.6 Å². The highest BCUT2D eigenvalue weighted by atomic mass is 35.5. The first kappa shape index (κ1) is 10.3. The molecule has 0 saturated carbocycles. The van der Waals surface area contributed by atoms with Crippen LogP contribution in [-0.2, 0) is 6.54 Å². The van der Waals surface area contributed by atoms with E-state index in [0.717, 1.165) is 17.9 Å². The molecular formula is C9H14ClN3. The predicted octanol–water partition coefficient (Wildman–Crippen LogP) is 1.65. The lowest BCUT2D eigenvalue weighted by Crippen LogP contribution is -2.17. The Kier molecular flexibility index (Phi) is 3.51. The average molecular weight is 200 g/mol. The third-order valence-corrected chi connectivity index (χ3v) is 2.35. The summed E-state index contributed by atoms with van der Waals surface area (Å²) in [6.07, 6.45) is 1.64. The molecule has 1 aromatic heterocycles. The standard InChI is InChI=1S/C9H14ClN3/c1-3-13(2)9-4-7(5-11)8(10)6-12-9/h4,6H,3,5,11H2,1-2H3. The van der Waals surface area contributed by atoms with E-state index >= 15 is 0 Å². The number of hydrogen-bond acceptors (Lipinski definition) is 3. The summed E-state index contributed by atoms with van der Waals surface area (Å²) in [6.45, 7) is 3.43. The van der Waals surface area contributed by atoms with Crippen LogP contribution >= 0.6 is 11.6 Å². The first-order valence-electron chi connectivity index (χ1n) is 4.24. The van der Waals surface area contributed by atoms with Crippen molar-refractivity contribution >= 4 is 17.4 Å². The number of rotatable bonds is 3. The maximum atomic E-state index is 5.88. The molecule has 0 atom stereocenters. The van der Waals surface area contributed by atoms with Crippen LogP contribution in [-0.4, -0.2) is 18.6 Å². The fourth-order valence-corrected chi connectivity index (χ4v) is 1.18. The minimum absolute atomic E-state index is 0.450. The number of nitrogens with two attached hydrogens (primary N) is 1. The summed E-state index contributed by atoms with van der Waals surface area (Å²) < 4.78 is 0. The van der Waals surface area contributed by atoms with E-state index in [1.54, 1.807) is 6.20 Å². The molecule has 13 heavy (non-hydrogen) atoms. The van der Waals surface area contributed by atoms with Crippen LogP contribution in [0.1, 0.15) is 12.5 Å². The summed E-state index contributed by atoms with van der Waals surface area (Å²) in [5.74, 6) is 0.910. The van der Waals surface area contributed by atoms with Crippen molar-refractivity contribution in [2.24, 2.45) is 5.73 Å². The van der Waals surface area contributed by atoms with Gasteiger partial charge in [0.15, 0.2) is 0 Å². The van der Waals surface area contributed by atoms with Gasteiger partial charge in [0.1, 0.15) is 5.82 Å². The highest BCUT2D eigenvalue weighted by Gasteiger charge is 2.04.